The Hall–Kier alpha value is -2.04. The molecule has 0 fully saturated rings. The summed E-state index contributed by atoms with van der Waals surface area (Å²) < 4.78 is 0. The quantitative estimate of drug-likeness (QED) is 0.772. The van der Waals surface area contributed by atoms with Crippen LogP contribution in [0.1, 0.15) is 31.9 Å². The first-order chi connectivity index (χ1) is 9.28. The van der Waals surface area contributed by atoms with Crippen LogP contribution in [-0.2, 0) is 17.8 Å². The maximum atomic E-state index is 11.7. The number of carbonyl (C=O) groups is 2. The van der Waals surface area contributed by atoms with Crippen LogP contribution in [0.2, 0.25) is 0 Å². The normalized spacial score (nSPS) is 10.9. The zero-order valence-electron chi connectivity index (χ0n) is 12.2. The van der Waals surface area contributed by atoms with Crippen LogP contribution in [0.25, 0.3) is 0 Å². The van der Waals surface area contributed by atoms with E-state index in [4.69, 9.17) is 5.11 Å². The van der Waals surface area contributed by atoms with Crippen LogP contribution in [-0.4, -0.2) is 23.7 Å². The van der Waals surface area contributed by atoms with Gasteiger partial charge in [0.1, 0.15) is 0 Å². The molecule has 0 saturated carbocycles. The Bertz CT molecular complexity index is 478. The minimum atomic E-state index is -0.880. The third-order valence-corrected chi connectivity index (χ3v) is 2.68. The molecule has 0 aliphatic rings. The van der Waals surface area contributed by atoms with E-state index in [1.165, 1.54) is 0 Å². The number of benzene rings is 1. The molecular weight excluding hydrogens is 256 g/mol. The first-order valence-electron chi connectivity index (χ1n) is 6.58. The number of carboxylic acid groups (broad SMARTS) is 1. The molecule has 0 aliphatic heterocycles. The number of amides is 2. The molecule has 5 heteroatoms. The predicted molar refractivity (Wildman–Crippen MR) is 77.5 cm³/mol. The van der Waals surface area contributed by atoms with Gasteiger partial charge in [0.15, 0.2) is 0 Å². The lowest BCUT2D eigenvalue weighted by Crippen LogP contribution is -2.39. The molecule has 0 bridgehead atoms. The zero-order valence-corrected chi connectivity index (χ0v) is 12.2. The summed E-state index contributed by atoms with van der Waals surface area (Å²) in [5.74, 6) is -0.880. The number of carboxylic acids is 1. The summed E-state index contributed by atoms with van der Waals surface area (Å²) in [6, 6.07) is 6.96. The van der Waals surface area contributed by atoms with E-state index in [-0.39, 0.29) is 17.9 Å². The van der Waals surface area contributed by atoms with Gasteiger partial charge in [-0.1, -0.05) is 45.0 Å². The van der Waals surface area contributed by atoms with Gasteiger partial charge in [-0.2, -0.15) is 0 Å². The number of carbonyl (C=O) groups excluding carboxylic acids is 1. The van der Waals surface area contributed by atoms with Crippen molar-refractivity contribution < 1.29 is 14.7 Å². The Morgan fingerprint density at radius 1 is 1.10 bits per heavy atom. The van der Waals surface area contributed by atoms with Crippen molar-refractivity contribution in [1.29, 1.82) is 0 Å². The first-order valence-corrected chi connectivity index (χ1v) is 6.58. The molecule has 2 amide bonds. The molecule has 110 valence electrons. The zero-order chi connectivity index (χ0) is 15.2. The Labute approximate surface area is 119 Å². The molecule has 20 heavy (non-hydrogen) atoms. The SMILES string of the molecule is CC(C)(C)CNC(=O)NCc1ccccc1CC(=O)O. The average Bonchev–Trinajstić information content (AvgIpc) is 2.34. The molecule has 3 N–H and O–H groups in total. The predicted octanol–water partition coefficient (Wildman–Crippen LogP) is 2.16. The number of hydrogen-bond acceptors (Lipinski definition) is 2. The highest BCUT2D eigenvalue weighted by molar-refractivity contribution is 5.74. The molecular formula is C15H22N2O3. The van der Waals surface area contributed by atoms with Gasteiger partial charge >= 0.3 is 12.0 Å². The van der Waals surface area contributed by atoms with Gasteiger partial charge in [-0.3, -0.25) is 4.79 Å². The van der Waals surface area contributed by atoms with Crippen molar-refractivity contribution in [3.63, 3.8) is 0 Å². The second kappa shape index (κ2) is 6.93. The summed E-state index contributed by atoms with van der Waals surface area (Å²) in [4.78, 5) is 22.4. The fourth-order valence-corrected chi connectivity index (χ4v) is 1.65. The molecule has 0 radical (unpaired) electrons. The lowest BCUT2D eigenvalue weighted by molar-refractivity contribution is -0.136. The Morgan fingerprint density at radius 2 is 1.70 bits per heavy atom. The van der Waals surface area contributed by atoms with E-state index in [0.717, 1.165) is 11.1 Å². The Morgan fingerprint density at radius 3 is 2.25 bits per heavy atom. The molecule has 0 heterocycles. The summed E-state index contributed by atoms with van der Waals surface area (Å²) in [7, 11) is 0. The van der Waals surface area contributed by atoms with Crippen molar-refractivity contribution in [2.45, 2.75) is 33.7 Å². The van der Waals surface area contributed by atoms with E-state index in [1.807, 2.05) is 32.9 Å². The summed E-state index contributed by atoms with van der Waals surface area (Å²) in [5, 5.41) is 14.4. The van der Waals surface area contributed by atoms with Gasteiger partial charge in [0.2, 0.25) is 0 Å². The molecule has 0 aliphatic carbocycles. The molecule has 0 spiro atoms. The van der Waals surface area contributed by atoms with Gasteiger partial charge < -0.3 is 15.7 Å². The van der Waals surface area contributed by atoms with Crippen molar-refractivity contribution in [3.8, 4) is 0 Å². The second-order valence-corrected chi connectivity index (χ2v) is 5.94. The summed E-state index contributed by atoms with van der Waals surface area (Å²) in [5.41, 5.74) is 1.57. The lowest BCUT2D eigenvalue weighted by atomic mass is 9.97. The van der Waals surface area contributed by atoms with Crippen LogP contribution in [0.4, 0.5) is 4.79 Å². The van der Waals surface area contributed by atoms with Crippen LogP contribution in [0.5, 0.6) is 0 Å². The number of aliphatic carboxylic acids is 1. The van der Waals surface area contributed by atoms with Crippen LogP contribution in [0.15, 0.2) is 24.3 Å². The molecule has 5 nitrogen and oxygen atoms in total. The van der Waals surface area contributed by atoms with E-state index in [1.54, 1.807) is 12.1 Å². The van der Waals surface area contributed by atoms with E-state index in [2.05, 4.69) is 10.6 Å². The van der Waals surface area contributed by atoms with Crippen molar-refractivity contribution in [2.24, 2.45) is 5.41 Å². The largest absolute Gasteiger partial charge is 0.481 e. The lowest BCUT2D eigenvalue weighted by Gasteiger charge is -2.19. The Balaban J connectivity index is 2.53. The fourth-order valence-electron chi connectivity index (χ4n) is 1.65. The smallest absolute Gasteiger partial charge is 0.315 e. The molecule has 1 aromatic rings. The fraction of sp³-hybridized carbons (Fsp3) is 0.467. The summed E-state index contributed by atoms with van der Waals surface area (Å²) in [6.07, 6.45) is -0.0402. The topological polar surface area (TPSA) is 78.4 Å². The first kappa shape index (κ1) is 16.0. The summed E-state index contributed by atoms with van der Waals surface area (Å²) in [6.45, 7) is 7.01. The molecule has 1 rings (SSSR count). The van der Waals surface area contributed by atoms with Crippen molar-refractivity contribution in [2.75, 3.05) is 6.54 Å². The van der Waals surface area contributed by atoms with Crippen LogP contribution in [0, 0.1) is 5.41 Å². The molecule has 0 aromatic heterocycles. The molecule has 0 saturated heterocycles. The molecule has 0 unspecified atom stereocenters. The third-order valence-electron chi connectivity index (χ3n) is 2.68. The number of hydrogen-bond donors (Lipinski definition) is 3. The monoisotopic (exact) mass is 278 g/mol. The van der Waals surface area contributed by atoms with Crippen LogP contribution >= 0.6 is 0 Å². The van der Waals surface area contributed by atoms with Crippen molar-refractivity contribution in [3.05, 3.63) is 35.4 Å². The highest BCUT2D eigenvalue weighted by Crippen LogP contribution is 2.11. The van der Waals surface area contributed by atoms with E-state index in [0.29, 0.717) is 13.1 Å². The maximum absolute atomic E-state index is 11.7. The van der Waals surface area contributed by atoms with Gasteiger partial charge in [0.05, 0.1) is 6.42 Å². The van der Waals surface area contributed by atoms with Gasteiger partial charge in [0.25, 0.3) is 0 Å². The number of rotatable bonds is 5. The van der Waals surface area contributed by atoms with Crippen LogP contribution in [0.3, 0.4) is 0 Å². The minimum Gasteiger partial charge on any atom is -0.481 e. The standard InChI is InChI=1S/C15H22N2O3/c1-15(2,3)10-17-14(20)16-9-12-7-5-4-6-11(12)8-13(18)19/h4-7H,8-10H2,1-3H3,(H,18,19)(H2,16,17,20). The average molecular weight is 278 g/mol. The van der Waals surface area contributed by atoms with Gasteiger partial charge in [-0.15, -0.1) is 0 Å². The minimum absolute atomic E-state index is 0.0263. The summed E-state index contributed by atoms with van der Waals surface area (Å²) >= 11 is 0. The number of nitrogens with one attached hydrogen (secondary N) is 2. The van der Waals surface area contributed by atoms with Gasteiger partial charge in [-0.05, 0) is 16.5 Å². The highest BCUT2D eigenvalue weighted by atomic mass is 16.4. The van der Waals surface area contributed by atoms with Gasteiger partial charge in [0, 0.05) is 13.1 Å². The molecule has 1 aromatic carbocycles. The van der Waals surface area contributed by atoms with E-state index >= 15 is 0 Å². The van der Waals surface area contributed by atoms with E-state index < -0.39 is 5.97 Å². The Kier molecular flexibility index (Phi) is 5.55. The van der Waals surface area contributed by atoms with Crippen LogP contribution < -0.4 is 10.6 Å². The van der Waals surface area contributed by atoms with Crippen molar-refractivity contribution >= 4 is 12.0 Å². The second-order valence-electron chi connectivity index (χ2n) is 5.94. The van der Waals surface area contributed by atoms with Gasteiger partial charge in [-0.25, -0.2) is 4.79 Å². The van der Waals surface area contributed by atoms with E-state index in [9.17, 15) is 9.59 Å². The third kappa shape index (κ3) is 6.22. The molecule has 0 atom stereocenters. The number of urea groups is 1. The highest BCUT2D eigenvalue weighted by Gasteiger charge is 2.12. The maximum Gasteiger partial charge on any atom is 0.315 e. The van der Waals surface area contributed by atoms with Crippen molar-refractivity contribution in [1.82, 2.24) is 10.6 Å².